The van der Waals surface area contributed by atoms with E-state index in [1.165, 1.54) is 21.7 Å². The van der Waals surface area contributed by atoms with Gasteiger partial charge < -0.3 is 5.32 Å². The Kier molecular flexibility index (Phi) is 3.69. The highest BCUT2D eigenvalue weighted by molar-refractivity contribution is 7.16. The van der Waals surface area contributed by atoms with Crippen LogP contribution in [-0.4, -0.2) is 4.98 Å². The van der Waals surface area contributed by atoms with Crippen LogP contribution in [0.5, 0.6) is 0 Å². The number of aromatic nitrogens is 1. The number of aryl methyl sites for hydroxylation is 3. The molecule has 2 heterocycles. The number of thiazole rings is 1. The Balaban J connectivity index is 1.77. The first kappa shape index (κ1) is 13.6. The van der Waals surface area contributed by atoms with Gasteiger partial charge in [0, 0.05) is 21.8 Å². The lowest BCUT2D eigenvalue weighted by Gasteiger charge is -2.19. The quantitative estimate of drug-likeness (QED) is 0.879. The fraction of sp³-hybridized carbons (Fsp3) is 0.500. The van der Waals surface area contributed by atoms with Gasteiger partial charge in [-0.25, -0.2) is 4.98 Å². The molecule has 2 unspecified atom stereocenters. The molecule has 1 N–H and O–H groups in total. The van der Waals surface area contributed by atoms with Crippen LogP contribution in [0.4, 0.5) is 0 Å². The fourth-order valence-corrected chi connectivity index (χ4v) is 5.13. The maximum absolute atomic E-state index is 6.11. The maximum Gasteiger partial charge on any atom is 0.0934 e. The number of rotatable bonds is 3. The van der Waals surface area contributed by atoms with Gasteiger partial charge in [-0.05, 0) is 45.2 Å². The van der Waals surface area contributed by atoms with Gasteiger partial charge >= 0.3 is 0 Å². The molecule has 0 spiro atoms. The lowest BCUT2D eigenvalue weighted by Crippen LogP contribution is -2.22. The average Bonchev–Trinajstić information content (AvgIpc) is 2.95. The van der Waals surface area contributed by atoms with E-state index in [1.807, 2.05) is 0 Å². The van der Waals surface area contributed by atoms with Gasteiger partial charge in [0.05, 0.1) is 15.0 Å². The number of fused-ring (bicyclic) bond motifs is 1. The largest absolute Gasteiger partial charge is 0.302 e. The molecular formula is C14H17ClN2S2. The Morgan fingerprint density at radius 2 is 2.21 bits per heavy atom. The van der Waals surface area contributed by atoms with Crippen LogP contribution in [0.2, 0.25) is 4.34 Å². The molecule has 19 heavy (non-hydrogen) atoms. The molecule has 2 aromatic heterocycles. The highest BCUT2D eigenvalue weighted by Gasteiger charge is 2.27. The van der Waals surface area contributed by atoms with Gasteiger partial charge in [0.1, 0.15) is 0 Å². The van der Waals surface area contributed by atoms with Crippen molar-refractivity contribution in [1.29, 1.82) is 0 Å². The van der Waals surface area contributed by atoms with E-state index in [1.54, 1.807) is 22.7 Å². The first-order valence-corrected chi connectivity index (χ1v) is 8.53. The summed E-state index contributed by atoms with van der Waals surface area (Å²) >= 11 is 9.63. The molecule has 2 atom stereocenters. The number of thiophene rings is 1. The molecule has 0 aliphatic heterocycles. The topological polar surface area (TPSA) is 24.9 Å². The summed E-state index contributed by atoms with van der Waals surface area (Å²) in [5.41, 5.74) is 2.56. The van der Waals surface area contributed by atoms with E-state index in [-0.39, 0.29) is 0 Å². The van der Waals surface area contributed by atoms with Crippen molar-refractivity contribution >= 4 is 34.3 Å². The zero-order chi connectivity index (χ0) is 13.6. The molecule has 1 aliphatic carbocycles. The Bertz CT molecular complexity index is 603. The third kappa shape index (κ3) is 2.59. The molecule has 2 nitrogen and oxygen atoms in total. The molecule has 102 valence electrons. The Morgan fingerprint density at radius 3 is 2.89 bits per heavy atom. The van der Waals surface area contributed by atoms with Crippen LogP contribution in [0.3, 0.4) is 0 Å². The summed E-state index contributed by atoms with van der Waals surface area (Å²) in [5, 5.41) is 4.88. The zero-order valence-electron chi connectivity index (χ0n) is 11.3. The summed E-state index contributed by atoms with van der Waals surface area (Å²) in [6.45, 7) is 6.39. The minimum Gasteiger partial charge on any atom is -0.302 e. The van der Waals surface area contributed by atoms with E-state index in [0.717, 1.165) is 21.5 Å². The van der Waals surface area contributed by atoms with Crippen molar-refractivity contribution in [2.24, 2.45) is 0 Å². The van der Waals surface area contributed by atoms with E-state index < -0.39 is 0 Å². The molecule has 0 saturated heterocycles. The minimum absolute atomic E-state index is 0.348. The van der Waals surface area contributed by atoms with Gasteiger partial charge in [-0.3, -0.25) is 0 Å². The summed E-state index contributed by atoms with van der Waals surface area (Å²) < 4.78 is 0.911. The Hall–Kier alpha value is -0.420. The molecule has 0 aromatic carbocycles. The second-order valence-electron chi connectivity index (χ2n) is 5.09. The first-order chi connectivity index (χ1) is 9.04. The number of nitrogens with one attached hydrogen (secondary N) is 1. The first-order valence-electron chi connectivity index (χ1n) is 6.52. The van der Waals surface area contributed by atoms with Crippen LogP contribution in [0.1, 0.15) is 51.4 Å². The van der Waals surface area contributed by atoms with Crippen LogP contribution in [-0.2, 0) is 6.42 Å². The van der Waals surface area contributed by atoms with Crippen molar-refractivity contribution in [3.8, 4) is 0 Å². The van der Waals surface area contributed by atoms with E-state index >= 15 is 0 Å². The number of halogens is 1. The highest BCUT2D eigenvalue weighted by atomic mass is 35.5. The molecule has 0 fully saturated rings. The molecule has 3 rings (SSSR count). The Morgan fingerprint density at radius 1 is 1.42 bits per heavy atom. The van der Waals surface area contributed by atoms with Gasteiger partial charge in [0.15, 0.2) is 0 Å². The molecule has 0 saturated carbocycles. The average molecular weight is 313 g/mol. The lowest BCUT2D eigenvalue weighted by molar-refractivity contribution is 0.468. The van der Waals surface area contributed by atoms with Crippen molar-refractivity contribution in [2.75, 3.05) is 0 Å². The van der Waals surface area contributed by atoms with Crippen LogP contribution < -0.4 is 5.32 Å². The van der Waals surface area contributed by atoms with Crippen LogP contribution >= 0.6 is 34.3 Å². The standard InChI is InChI=1S/C14H17ClN2S2/c1-7-14(18-9(3)16-7)8(2)17-11-4-5-12-10(11)6-13(15)19-12/h6,8,11,17H,4-5H2,1-3H3. The van der Waals surface area contributed by atoms with Crippen molar-refractivity contribution in [3.05, 3.63) is 36.4 Å². The summed E-state index contributed by atoms with van der Waals surface area (Å²) in [4.78, 5) is 7.32. The van der Waals surface area contributed by atoms with Crippen molar-refractivity contribution in [1.82, 2.24) is 10.3 Å². The molecular weight excluding hydrogens is 296 g/mol. The van der Waals surface area contributed by atoms with Crippen LogP contribution in [0.15, 0.2) is 6.07 Å². The normalized spacial score (nSPS) is 19.7. The van der Waals surface area contributed by atoms with E-state index in [4.69, 9.17) is 11.6 Å². The fourth-order valence-electron chi connectivity index (χ4n) is 2.83. The smallest absolute Gasteiger partial charge is 0.0934 e. The van der Waals surface area contributed by atoms with Crippen molar-refractivity contribution < 1.29 is 0 Å². The number of hydrogen-bond donors (Lipinski definition) is 1. The third-order valence-electron chi connectivity index (χ3n) is 3.63. The van der Waals surface area contributed by atoms with Gasteiger partial charge in [0.25, 0.3) is 0 Å². The SMILES string of the molecule is Cc1nc(C)c(C(C)NC2CCc3sc(Cl)cc32)s1. The van der Waals surface area contributed by atoms with Crippen molar-refractivity contribution in [3.63, 3.8) is 0 Å². The van der Waals surface area contributed by atoms with Gasteiger partial charge in [-0.1, -0.05) is 11.6 Å². The summed E-state index contributed by atoms with van der Waals surface area (Å²) in [5.74, 6) is 0. The monoisotopic (exact) mass is 312 g/mol. The molecule has 0 radical (unpaired) electrons. The third-order valence-corrected chi connectivity index (χ3v) is 6.23. The minimum atomic E-state index is 0.348. The second-order valence-corrected chi connectivity index (χ2v) is 8.09. The molecule has 0 amide bonds. The number of nitrogens with zero attached hydrogens (tertiary/aromatic N) is 1. The molecule has 0 bridgehead atoms. The van der Waals surface area contributed by atoms with E-state index in [0.29, 0.717) is 12.1 Å². The lowest BCUT2D eigenvalue weighted by atomic mass is 10.1. The molecule has 2 aromatic rings. The molecule has 1 aliphatic rings. The predicted molar refractivity (Wildman–Crippen MR) is 83.5 cm³/mol. The predicted octanol–water partition coefficient (Wildman–Crippen LogP) is 4.81. The number of hydrogen-bond acceptors (Lipinski definition) is 4. The summed E-state index contributed by atoms with van der Waals surface area (Å²) in [6, 6.07) is 2.92. The maximum atomic E-state index is 6.11. The summed E-state index contributed by atoms with van der Waals surface area (Å²) in [7, 11) is 0. The summed E-state index contributed by atoms with van der Waals surface area (Å²) in [6.07, 6.45) is 2.33. The van der Waals surface area contributed by atoms with Crippen LogP contribution in [0, 0.1) is 13.8 Å². The zero-order valence-corrected chi connectivity index (χ0v) is 13.7. The van der Waals surface area contributed by atoms with E-state index in [2.05, 4.69) is 37.1 Å². The second kappa shape index (κ2) is 5.17. The van der Waals surface area contributed by atoms with Crippen molar-refractivity contribution in [2.45, 2.75) is 45.7 Å². The Labute approximate surface area is 126 Å². The van der Waals surface area contributed by atoms with Gasteiger partial charge in [0.2, 0.25) is 0 Å². The molecule has 5 heteroatoms. The highest BCUT2D eigenvalue weighted by Crippen LogP contribution is 2.40. The van der Waals surface area contributed by atoms with E-state index in [9.17, 15) is 0 Å². The van der Waals surface area contributed by atoms with Gasteiger partial charge in [-0.2, -0.15) is 0 Å². The van der Waals surface area contributed by atoms with Crippen LogP contribution in [0.25, 0.3) is 0 Å². The van der Waals surface area contributed by atoms with Gasteiger partial charge in [-0.15, -0.1) is 22.7 Å².